The van der Waals surface area contributed by atoms with Gasteiger partial charge in [-0.25, -0.2) is 0 Å². The predicted octanol–water partition coefficient (Wildman–Crippen LogP) is 6.47. The number of nitrogens with zero attached hydrogens (tertiary/aromatic N) is 3. The third-order valence-corrected chi connectivity index (χ3v) is 6.45. The van der Waals surface area contributed by atoms with Crippen LogP contribution in [0.4, 0.5) is 26.3 Å². The number of hydrogen-bond acceptors (Lipinski definition) is 5. The maximum absolute atomic E-state index is 12.3. The number of nitriles is 1. The van der Waals surface area contributed by atoms with Gasteiger partial charge in [0.25, 0.3) is 0 Å². The Balaban J connectivity index is 0.000000173. The SMILES string of the molecule is C1CCOC1.N#CC(c1ccc(C(F)(F)F)nc1)C1CC1.NCC(c1ccc(C(F)(F)F)nc1)C1CC1. The van der Waals surface area contributed by atoms with Gasteiger partial charge in [-0.15, -0.1) is 0 Å². The summed E-state index contributed by atoms with van der Waals surface area (Å²) in [4.78, 5) is 6.80. The minimum absolute atomic E-state index is 0.162. The van der Waals surface area contributed by atoms with Crippen LogP contribution in [0.5, 0.6) is 0 Å². The van der Waals surface area contributed by atoms with Crippen molar-refractivity contribution in [2.75, 3.05) is 19.8 Å². The van der Waals surface area contributed by atoms with Crippen molar-refractivity contribution < 1.29 is 31.1 Å². The highest BCUT2D eigenvalue weighted by atomic mass is 19.4. The Kier molecular flexibility index (Phi) is 9.90. The van der Waals surface area contributed by atoms with E-state index in [1.165, 1.54) is 31.2 Å². The molecule has 2 aliphatic carbocycles. The molecular weight excluding hydrogens is 498 g/mol. The number of alkyl halides is 6. The summed E-state index contributed by atoms with van der Waals surface area (Å²) in [6.45, 7) is 2.47. The van der Waals surface area contributed by atoms with Crippen LogP contribution in [0.15, 0.2) is 36.7 Å². The Hall–Kier alpha value is -2.71. The summed E-state index contributed by atoms with van der Waals surface area (Å²) < 4.78 is 78.5. The lowest BCUT2D eigenvalue weighted by Crippen LogP contribution is -2.15. The predicted molar refractivity (Wildman–Crippen MR) is 124 cm³/mol. The van der Waals surface area contributed by atoms with Crippen molar-refractivity contribution in [1.29, 1.82) is 5.26 Å². The van der Waals surface area contributed by atoms with E-state index in [-0.39, 0.29) is 11.8 Å². The Morgan fingerprint density at radius 3 is 1.62 bits per heavy atom. The summed E-state index contributed by atoms with van der Waals surface area (Å²) in [6, 6.07) is 6.92. The van der Waals surface area contributed by atoms with Crippen LogP contribution in [0, 0.1) is 23.2 Å². The Morgan fingerprint density at radius 2 is 1.32 bits per heavy atom. The van der Waals surface area contributed by atoms with Gasteiger partial charge in [0, 0.05) is 31.5 Å². The van der Waals surface area contributed by atoms with Crippen molar-refractivity contribution in [3.8, 4) is 6.07 Å². The molecule has 2 aromatic rings. The van der Waals surface area contributed by atoms with Crippen LogP contribution in [-0.2, 0) is 17.1 Å². The zero-order chi connectivity index (χ0) is 27.1. The Bertz CT molecular complexity index is 998. The fourth-order valence-corrected chi connectivity index (χ4v) is 4.04. The molecule has 0 aromatic carbocycles. The first-order valence-corrected chi connectivity index (χ1v) is 12.3. The van der Waals surface area contributed by atoms with Crippen LogP contribution in [0.3, 0.4) is 0 Å². The van der Waals surface area contributed by atoms with E-state index in [9.17, 15) is 26.3 Å². The summed E-state index contributed by atoms with van der Waals surface area (Å²) in [5, 5.41) is 8.92. The van der Waals surface area contributed by atoms with E-state index in [0.717, 1.165) is 62.8 Å². The van der Waals surface area contributed by atoms with E-state index in [1.54, 1.807) is 0 Å². The highest BCUT2D eigenvalue weighted by Crippen LogP contribution is 2.43. The van der Waals surface area contributed by atoms with Crippen molar-refractivity contribution in [2.45, 2.75) is 62.7 Å². The van der Waals surface area contributed by atoms with E-state index in [4.69, 9.17) is 15.7 Å². The maximum Gasteiger partial charge on any atom is 0.433 e. The molecule has 0 spiro atoms. The van der Waals surface area contributed by atoms with E-state index in [2.05, 4.69) is 16.0 Å². The van der Waals surface area contributed by atoms with Gasteiger partial charge in [0.2, 0.25) is 0 Å². The first-order valence-electron chi connectivity index (χ1n) is 12.3. The minimum Gasteiger partial charge on any atom is -0.381 e. The molecule has 0 radical (unpaired) electrons. The molecule has 11 heteroatoms. The standard InChI is InChI=1S/C11H13F3N2.C11H9F3N2.C4H8O/c2*12-11(13,14)10-4-3-8(6-16-10)9(5-15)7-1-2-7;1-2-4-5-3-1/h3-4,6-7,9H,1-2,5,15H2;3-4,6-7,9H,1-2H2;1-4H2. The lowest BCUT2D eigenvalue weighted by molar-refractivity contribution is -0.142. The van der Waals surface area contributed by atoms with Crippen molar-refractivity contribution in [2.24, 2.45) is 17.6 Å². The Labute approximate surface area is 212 Å². The molecule has 0 bridgehead atoms. The summed E-state index contributed by atoms with van der Waals surface area (Å²) >= 11 is 0. The van der Waals surface area contributed by atoms with Gasteiger partial charge in [-0.1, -0.05) is 12.1 Å². The number of ether oxygens (including phenoxy) is 1. The number of hydrogen-bond donors (Lipinski definition) is 1. The van der Waals surface area contributed by atoms with E-state index >= 15 is 0 Å². The topological polar surface area (TPSA) is 84.8 Å². The molecule has 3 aliphatic rings. The number of nitrogens with two attached hydrogens (primary N) is 1. The molecule has 1 saturated heterocycles. The summed E-state index contributed by atoms with van der Waals surface area (Å²) in [5.74, 6) is 0.677. The van der Waals surface area contributed by atoms with Gasteiger partial charge >= 0.3 is 12.4 Å². The van der Waals surface area contributed by atoms with Crippen molar-refractivity contribution in [3.05, 3.63) is 59.2 Å². The summed E-state index contributed by atoms with van der Waals surface area (Å²) in [7, 11) is 0. The molecule has 3 fully saturated rings. The quantitative estimate of drug-likeness (QED) is 0.450. The first-order chi connectivity index (χ1) is 17.5. The largest absolute Gasteiger partial charge is 0.433 e. The van der Waals surface area contributed by atoms with Gasteiger partial charge < -0.3 is 10.5 Å². The molecule has 1 aliphatic heterocycles. The van der Waals surface area contributed by atoms with Crippen molar-refractivity contribution >= 4 is 0 Å². The zero-order valence-electron chi connectivity index (χ0n) is 20.2. The lowest BCUT2D eigenvalue weighted by Gasteiger charge is -2.14. The van der Waals surface area contributed by atoms with Crippen LogP contribution in [0.1, 0.15) is 72.9 Å². The van der Waals surface area contributed by atoms with Crippen LogP contribution < -0.4 is 5.73 Å². The fourth-order valence-electron chi connectivity index (χ4n) is 4.04. The van der Waals surface area contributed by atoms with Gasteiger partial charge in [0.05, 0.1) is 12.0 Å². The molecule has 202 valence electrons. The molecule has 37 heavy (non-hydrogen) atoms. The highest BCUT2D eigenvalue weighted by Gasteiger charge is 2.36. The third-order valence-electron chi connectivity index (χ3n) is 6.45. The van der Waals surface area contributed by atoms with Crippen LogP contribution >= 0.6 is 0 Å². The van der Waals surface area contributed by atoms with Gasteiger partial charge in [-0.05, 0) is 80.2 Å². The lowest BCUT2D eigenvalue weighted by atomic mass is 9.96. The number of pyridine rings is 2. The molecule has 5 nitrogen and oxygen atoms in total. The molecule has 2 unspecified atom stereocenters. The normalized spacial score (nSPS) is 19.0. The van der Waals surface area contributed by atoms with Gasteiger partial charge in [0.15, 0.2) is 0 Å². The van der Waals surface area contributed by atoms with Crippen molar-refractivity contribution in [3.63, 3.8) is 0 Å². The number of halogens is 6. The average molecular weight is 529 g/mol. The van der Waals surface area contributed by atoms with Crippen molar-refractivity contribution in [1.82, 2.24) is 9.97 Å². The monoisotopic (exact) mass is 528 g/mol. The zero-order valence-corrected chi connectivity index (χ0v) is 20.2. The molecule has 3 heterocycles. The third kappa shape index (κ3) is 8.97. The molecular formula is C26H30F6N4O. The van der Waals surface area contributed by atoms with E-state index in [1.807, 2.05) is 0 Å². The Morgan fingerprint density at radius 1 is 0.838 bits per heavy atom. The van der Waals surface area contributed by atoms with E-state index in [0.29, 0.717) is 23.9 Å². The second-order valence-electron chi connectivity index (χ2n) is 9.39. The minimum atomic E-state index is -4.42. The maximum atomic E-state index is 12.3. The van der Waals surface area contributed by atoms with E-state index < -0.39 is 23.7 Å². The molecule has 5 rings (SSSR count). The fraction of sp³-hybridized carbons (Fsp3) is 0.577. The van der Waals surface area contributed by atoms with Crippen LogP contribution in [0.2, 0.25) is 0 Å². The highest BCUT2D eigenvalue weighted by molar-refractivity contribution is 5.27. The van der Waals surface area contributed by atoms with Gasteiger partial charge in [-0.2, -0.15) is 31.6 Å². The first kappa shape index (κ1) is 28.9. The summed E-state index contributed by atoms with van der Waals surface area (Å²) in [6.07, 6.45) is 0.411. The van der Waals surface area contributed by atoms with Crippen LogP contribution in [-0.4, -0.2) is 29.7 Å². The molecule has 0 amide bonds. The number of aromatic nitrogens is 2. The molecule has 2 saturated carbocycles. The molecule has 2 aromatic heterocycles. The second kappa shape index (κ2) is 12.7. The summed E-state index contributed by atoms with van der Waals surface area (Å²) in [5.41, 5.74) is 5.26. The second-order valence-corrected chi connectivity index (χ2v) is 9.39. The van der Waals surface area contributed by atoms with Gasteiger partial charge in [-0.3, -0.25) is 9.97 Å². The molecule has 2 N–H and O–H groups in total. The number of rotatable bonds is 5. The van der Waals surface area contributed by atoms with Gasteiger partial charge in [0.1, 0.15) is 11.4 Å². The smallest absolute Gasteiger partial charge is 0.381 e. The molecule has 2 atom stereocenters. The average Bonchev–Trinajstić information content (AvgIpc) is 3.80. The van der Waals surface area contributed by atoms with Crippen LogP contribution in [0.25, 0.3) is 0 Å².